The van der Waals surface area contributed by atoms with Crippen LogP contribution in [0, 0.1) is 0 Å². The van der Waals surface area contributed by atoms with Crippen LogP contribution >= 0.6 is 11.6 Å². The van der Waals surface area contributed by atoms with Crippen molar-refractivity contribution in [1.82, 2.24) is 10.2 Å². The van der Waals surface area contributed by atoms with Crippen LogP contribution in [0.1, 0.15) is 12.8 Å². The zero-order valence-electron chi connectivity index (χ0n) is 14.8. The molecule has 1 aromatic rings. The number of amides is 2. The molecule has 26 heavy (non-hydrogen) atoms. The number of rotatable bonds is 9. The van der Waals surface area contributed by atoms with Crippen LogP contribution in [0.3, 0.4) is 0 Å². The number of sulfone groups is 1. The van der Waals surface area contributed by atoms with Gasteiger partial charge < -0.3 is 19.7 Å². The zero-order chi connectivity index (χ0) is 19.0. The van der Waals surface area contributed by atoms with Crippen molar-refractivity contribution in [3.05, 3.63) is 29.3 Å². The fraction of sp³-hybridized carbons (Fsp3) is 0.588. The molecule has 0 aliphatic carbocycles. The molecule has 2 amide bonds. The van der Waals surface area contributed by atoms with E-state index in [1.54, 1.807) is 24.1 Å². The largest absolute Gasteiger partial charge is 0.492 e. The van der Waals surface area contributed by atoms with Gasteiger partial charge in [0.2, 0.25) is 0 Å². The second-order valence-electron chi connectivity index (χ2n) is 6.11. The standard InChI is InChI=1S/C17H25ClN2O5S/c1-24-11-9-20(14-7-12-26(22,23)13-14)17(21)19-8-4-10-25-16-6-3-2-5-15(16)18/h2-3,5-6,14H,4,7-13H2,1H3,(H,19,21). The summed E-state index contributed by atoms with van der Waals surface area (Å²) in [4.78, 5) is 14.0. The van der Waals surface area contributed by atoms with Gasteiger partial charge in [0.15, 0.2) is 9.84 Å². The van der Waals surface area contributed by atoms with Gasteiger partial charge in [-0.15, -0.1) is 0 Å². The Labute approximate surface area is 159 Å². The van der Waals surface area contributed by atoms with Gasteiger partial charge in [0, 0.05) is 26.2 Å². The number of benzene rings is 1. The summed E-state index contributed by atoms with van der Waals surface area (Å²) in [6.45, 7) is 1.56. The van der Waals surface area contributed by atoms with E-state index in [4.69, 9.17) is 21.1 Å². The maximum Gasteiger partial charge on any atom is 0.317 e. The van der Waals surface area contributed by atoms with Crippen LogP contribution in [-0.4, -0.2) is 70.3 Å². The van der Waals surface area contributed by atoms with Gasteiger partial charge in [-0.25, -0.2) is 13.2 Å². The summed E-state index contributed by atoms with van der Waals surface area (Å²) in [5.74, 6) is 0.748. The molecule has 1 heterocycles. The summed E-state index contributed by atoms with van der Waals surface area (Å²) in [6.07, 6.45) is 1.08. The first kappa shape index (κ1) is 20.8. The van der Waals surface area contributed by atoms with Gasteiger partial charge in [0.25, 0.3) is 0 Å². The van der Waals surface area contributed by atoms with E-state index in [0.29, 0.717) is 49.9 Å². The summed E-state index contributed by atoms with van der Waals surface area (Å²) >= 11 is 6.01. The summed E-state index contributed by atoms with van der Waals surface area (Å²) in [5.41, 5.74) is 0. The molecule has 146 valence electrons. The Hall–Kier alpha value is -1.51. The van der Waals surface area contributed by atoms with Crippen LogP contribution in [0.4, 0.5) is 4.79 Å². The Balaban J connectivity index is 1.77. The fourth-order valence-electron chi connectivity index (χ4n) is 2.77. The van der Waals surface area contributed by atoms with Gasteiger partial charge >= 0.3 is 6.03 Å². The molecule has 1 aliphatic rings. The Morgan fingerprint density at radius 3 is 2.77 bits per heavy atom. The molecule has 7 nitrogen and oxygen atoms in total. The molecule has 9 heteroatoms. The van der Waals surface area contributed by atoms with Crippen molar-refractivity contribution >= 4 is 27.5 Å². The van der Waals surface area contributed by atoms with Crippen molar-refractivity contribution in [3.8, 4) is 5.75 Å². The minimum Gasteiger partial charge on any atom is -0.492 e. The second-order valence-corrected chi connectivity index (χ2v) is 8.74. The van der Waals surface area contributed by atoms with E-state index < -0.39 is 9.84 Å². The average molecular weight is 405 g/mol. The van der Waals surface area contributed by atoms with E-state index in [0.717, 1.165) is 0 Å². The predicted octanol–water partition coefficient (Wildman–Crippen LogP) is 1.95. The summed E-state index contributed by atoms with van der Waals surface area (Å²) in [7, 11) is -1.51. The van der Waals surface area contributed by atoms with Crippen LogP contribution in [0.2, 0.25) is 5.02 Å². The number of methoxy groups -OCH3 is 1. The molecule has 1 aromatic carbocycles. The predicted molar refractivity (Wildman–Crippen MR) is 101 cm³/mol. The third kappa shape index (κ3) is 6.34. The van der Waals surface area contributed by atoms with E-state index in [-0.39, 0.29) is 23.6 Å². The maximum absolute atomic E-state index is 12.4. The number of carbonyl (C=O) groups is 1. The lowest BCUT2D eigenvalue weighted by atomic mass is 10.2. The van der Waals surface area contributed by atoms with Crippen LogP contribution in [-0.2, 0) is 14.6 Å². The van der Waals surface area contributed by atoms with Gasteiger partial charge in [-0.2, -0.15) is 0 Å². The first-order valence-electron chi connectivity index (χ1n) is 8.54. The fourth-order valence-corrected chi connectivity index (χ4v) is 4.69. The number of hydrogen-bond acceptors (Lipinski definition) is 5. The molecule has 0 saturated carbocycles. The van der Waals surface area contributed by atoms with Crippen LogP contribution < -0.4 is 10.1 Å². The van der Waals surface area contributed by atoms with E-state index in [1.807, 2.05) is 12.1 Å². The number of nitrogens with zero attached hydrogens (tertiary/aromatic N) is 1. The molecule has 1 saturated heterocycles. The molecule has 0 radical (unpaired) electrons. The summed E-state index contributed by atoms with van der Waals surface area (Å²) in [5, 5.41) is 3.37. The van der Waals surface area contributed by atoms with Crippen molar-refractivity contribution in [3.63, 3.8) is 0 Å². The second kappa shape index (κ2) is 9.99. The third-order valence-corrected chi connectivity index (χ3v) is 6.20. The number of halogens is 1. The molecule has 0 bridgehead atoms. The lowest BCUT2D eigenvalue weighted by Crippen LogP contribution is -2.48. The van der Waals surface area contributed by atoms with Gasteiger partial charge in [-0.3, -0.25) is 0 Å². The SMILES string of the molecule is COCCN(C(=O)NCCCOc1ccccc1Cl)C1CCS(=O)(=O)C1. The van der Waals surface area contributed by atoms with E-state index in [9.17, 15) is 13.2 Å². The van der Waals surface area contributed by atoms with Crippen molar-refractivity contribution in [2.75, 3.05) is 44.9 Å². The molecule has 1 N–H and O–H groups in total. The number of carbonyl (C=O) groups excluding carboxylic acids is 1. The van der Waals surface area contributed by atoms with Crippen molar-refractivity contribution < 1.29 is 22.7 Å². The van der Waals surface area contributed by atoms with Gasteiger partial charge in [0.05, 0.1) is 29.7 Å². The number of urea groups is 1. The highest BCUT2D eigenvalue weighted by Gasteiger charge is 2.34. The van der Waals surface area contributed by atoms with Gasteiger partial charge in [0.1, 0.15) is 5.75 Å². The molecule has 1 aliphatic heterocycles. The minimum absolute atomic E-state index is 0.0136. The van der Waals surface area contributed by atoms with Crippen molar-refractivity contribution in [1.29, 1.82) is 0 Å². The Kier molecular flexibility index (Phi) is 7.99. The molecular formula is C17H25ClN2O5S. The molecular weight excluding hydrogens is 380 g/mol. The lowest BCUT2D eigenvalue weighted by Gasteiger charge is -2.28. The van der Waals surface area contributed by atoms with Gasteiger partial charge in [-0.1, -0.05) is 23.7 Å². The van der Waals surface area contributed by atoms with Crippen molar-refractivity contribution in [2.24, 2.45) is 0 Å². The normalized spacial score (nSPS) is 18.5. The van der Waals surface area contributed by atoms with Crippen molar-refractivity contribution in [2.45, 2.75) is 18.9 Å². The smallest absolute Gasteiger partial charge is 0.317 e. The molecule has 0 aromatic heterocycles. The highest BCUT2D eigenvalue weighted by atomic mass is 35.5. The Morgan fingerprint density at radius 1 is 1.35 bits per heavy atom. The van der Waals surface area contributed by atoms with Crippen LogP contribution in [0.5, 0.6) is 5.75 Å². The first-order valence-corrected chi connectivity index (χ1v) is 10.7. The molecule has 1 unspecified atom stereocenters. The third-order valence-electron chi connectivity index (χ3n) is 4.14. The minimum atomic E-state index is -3.06. The summed E-state index contributed by atoms with van der Waals surface area (Å²) in [6, 6.07) is 6.63. The molecule has 2 rings (SSSR count). The van der Waals surface area contributed by atoms with E-state index in [1.165, 1.54) is 0 Å². The zero-order valence-corrected chi connectivity index (χ0v) is 16.4. The molecule has 1 fully saturated rings. The van der Waals surface area contributed by atoms with Crippen LogP contribution in [0.25, 0.3) is 0 Å². The number of hydrogen-bond donors (Lipinski definition) is 1. The lowest BCUT2D eigenvalue weighted by molar-refractivity contribution is 0.133. The van der Waals surface area contributed by atoms with Gasteiger partial charge in [-0.05, 0) is 25.0 Å². The van der Waals surface area contributed by atoms with Crippen LogP contribution in [0.15, 0.2) is 24.3 Å². The average Bonchev–Trinajstić information content (AvgIpc) is 2.96. The number of nitrogens with one attached hydrogen (secondary N) is 1. The maximum atomic E-state index is 12.4. The van der Waals surface area contributed by atoms with E-state index in [2.05, 4.69) is 5.32 Å². The summed E-state index contributed by atoms with van der Waals surface area (Å²) < 4.78 is 34.0. The Morgan fingerprint density at radius 2 is 2.12 bits per heavy atom. The number of ether oxygens (including phenoxy) is 2. The number of para-hydroxylation sites is 1. The quantitative estimate of drug-likeness (QED) is 0.636. The molecule has 0 spiro atoms. The monoisotopic (exact) mass is 404 g/mol. The van der Waals surface area contributed by atoms with E-state index >= 15 is 0 Å². The Bertz CT molecular complexity index is 698. The topological polar surface area (TPSA) is 84.9 Å². The molecule has 1 atom stereocenters. The first-order chi connectivity index (χ1) is 12.4. The highest BCUT2D eigenvalue weighted by molar-refractivity contribution is 7.91. The highest BCUT2D eigenvalue weighted by Crippen LogP contribution is 2.23.